The van der Waals surface area contributed by atoms with E-state index >= 15 is 0 Å². The smallest absolute Gasteiger partial charge is 0.138 e. The van der Waals surface area contributed by atoms with Crippen LogP contribution in [-0.4, -0.2) is 5.11 Å². The third-order valence-electron chi connectivity index (χ3n) is 4.91. The molecule has 0 saturated carbocycles. The molecule has 174 valence electrons. The van der Waals surface area contributed by atoms with Crippen molar-refractivity contribution in [1.82, 2.24) is 0 Å². The second kappa shape index (κ2) is 10.8. The first-order valence-electron chi connectivity index (χ1n) is 10.8. The summed E-state index contributed by atoms with van der Waals surface area (Å²) in [4.78, 5) is 1.89. The SMILES string of the molecule is CC(C)(C)c1ccc(OSc2ccc(Oc3ccc(OSc4ccc(O)cc4)cc3)cc2)cc1. The van der Waals surface area contributed by atoms with Crippen molar-refractivity contribution in [1.29, 1.82) is 0 Å². The van der Waals surface area contributed by atoms with E-state index in [0.717, 1.165) is 27.0 Å². The van der Waals surface area contributed by atoms with Gasteiger partial charge in [0.1, 0.15) is 28.7 Å². The normalized spacial score (nSPS) is 11.1. The molecular formula is C28H26O4S2. The molecule has 0 aliphatic rings. The Hall–Kier alpha value is -3.22. The van der Waals surface area contributed by atoms with Crippen molar-refractivity contribution in [3.63, 3.8) is 0 Å². The summed E-state index contributed by atoms with van der Waals surface area (Å²) in [6.45, 7) is 6.59. The Morgan fingerprint density at radius 2 is 0.912 bits per heavy atom. The van der Waals surface area contributed by atoms with Crippen molar-refractivity contribution >= 4 is 24.1 Å². The average Bonchev–Trinajstić information content (AvgIpc) is 2.84. The van der Waals surface area contributed by atoms with Gasteiger partial charge in [0.15, 0.2) is 0 Å². The van der Waals surface area contributed by atoms with Crippen LogP contribution in [0.4, 0.5) is 0 Å². The van der Waals surface area contributed by atoms with Gasteiger partial charge in [0, 0.05) is 9.79 Å². The van der Waals surface area contributed by atoms with Crippen molar-refractivity contribution in [2.24, 2.45) is 0 Å². The summed E-state index contributed by atoms with van der Waals surface area (Å²) < 4.78 is 17.5. The lowest BCUT2D eigenvalue weighted by Crippen LogP contribution is -2.10. The number of aromatic hydroxyl groups is 1. The molecule has 4 rings (SSSR count). The van der Waals surface area contributed by atoms with E-state index in [0.29, 0.717) is 5.75 Å². The van der Waals surface area contributed by atoms with Gasteiger partial charge in [-0.05, 0) is 95.9 Å². The molecule has 0 bridgehead atoms. The number of hydrogen-bond acceptors (Lipinski definition) is 6. The van der Waals surface area contributed by atoms with E-state index in [4.69, 9.17) is 13.1 Å². The zero-order valence-corrected chi connectivity index (χ0v) is 20.9. The van der Waals surface area contributed by atoms with Crippen molar-refractivity contribution < 1.29 is 18.2 Å². The van der Waals surface area contributed by atoms with Crippen LogP contribution in [0.5, 0.6) is 28.7 Å². The minimum atomic E-state index is 0.127. The van der Waals surface area contributed by atoms with Crippen molar-refractivity contribution in [2.45, 2.75) is 36.0 Å². The first kappa shape index (κ1) is 23.9. The van der Waals surface area contributed by atoms with Crippen LogP contribution < -0.4 is 13.1 Å². The van der Waals surface area contributed by atoms with Gasteiger partial charge in [-0.2, -0.15) is 0 Å². The van der Waals surface area contributed by atoms with Crippen molar-refractivity contribution in [3.05, 3.63) is 103 Å². The molecular weight excluding hydrogens is 464 g/mol. The van der Waals surface area contributed by atoms with Gasteiger partial charge in [-0.1, -0.05) is 32.9 Å². The summed E-state index contributed by atoms with van der Waals surface area (Å²) in [6.07, 6.45) is 0. The van der Waals surface area contributed by atoms with Crippen LogP contribution in [0.15, 0.2) is 107 Å². The number of rotatable bonds is 8. The standard InChI is InChI=1S/C28H26O4S2/c1-28(2,3)20-4-8-24(9-5-20)31-34-27-18-14-23(15-19-27)30-22-10-12-25(13-11-22)32-33-26-16-6-21(29)7-17-26/h4-19,29H,1-3H3. The zero-order valence-electron chi connectivity index (χ0n) is 19.2. The summed E-state index contributed by atoms with van der Waals surface area (Å²) in [7, 11) is 0. The molecule has 6 heteroatoms. The van der Waals surface area contributed by atoms with Crippen LogP contribution in [0.1, 0.15) is 26.3 Å². The fraction of sp³-hybridized carbons (Fsp3) is 0.143. The fourth-order valence-corrected chi connectivity index (χ4v) is 4.07. The Bertz CT molecular complexity index is 1180. The Morgan fingerprint density at radius 3 is 1.38 bits per heavy atom. The van der Waals surface area contributed by atoms with Gasteiger partial charge < -0.3 is 18.2 Å². The van der Waals surface area contributed by atoms with E-state index in [-0.39, 0.29) is 11.2 Å². The first-order valence-corrected chi connectivity index (χ1v) is 12.3. The van der Waals surface area contributed by atoms with Gasteiger partial charge in [0.25, 0.3) is 0 Å². The minimum Gasteiger partial charge on any atom is -0.508 e. The third kappa shape index (κ3) is 6.89. The highest BCUT2D eigenvalue weighted by atomic mass is 32.2. The van der Waals surface area contributed by atoms with E-state index in [2.05, 4.69) is 32.9 Å². The maximum atomic E-state index is 9.34. The topological polar surface area (TPSA) is 47.9 Å². The predicted molar refractivity (Wildman–Crippen MR) is 139 cm³/mol. The molecule has 0 aromatic heterocycles. The molecule has 0 saturated heterocycles. The number of phenolic OH excluding ortho intramolecular Hbond substituents is 1. The van der Waals surface area contributed by atoms with E-state index in [1.54, 1.807) is 24.3 Å². The lowest BCUT2D eigenvalue weighted by atomic mass is 9.87. The molecule has 1 N–H and O–H groups in total. The highest BCUT2D eigenvalue weighted by Crippen LogP contribution is 2.31. The van der Waals surface area contributed by atoms with Crippen LogP contribution in [-0.2, 0) is 5.41 Å². The van der Waals surface area contributed by atoms with Gasteiger partial charge >= 0.3 is 0 Å². The van der Waals surface area contributed by atoms with Crippen LogP contribution >= 0.6 is 24.1 Å². The van der Waals surface area contributed by atoms with E-state index in [9.17, 15) is 5.11 Å². The molecule has 0 amide bonds. The monoisotopic (exact) mass is 490 g/mol. The molecule has 0 atom stereocenters. The number of hydrogen-bond donors (Lipinski definition) is 1. The number of ether oxygens (including phenoxy) is 1. The molecule has 0 radical (unpaired) electrons. The second-order valence-electron chi connectivity index (χ2n) is 8.65. The van der Waals surface area contributed by atoms with Crippen molar-refractivity contribution in [3.8, 4) is 28.7 Å². The summed E-state index contributed by atoms with van der Waals surface area (Å²) in [6, 6.07) is 30.3. The van der Waals surface area contributed by atoms with Crippen LogP contribution in [0, 0.1) is 0 Å². The molecule has 4 aromatic rings. The summed E-state index contributed by atoms with van der Waals surface area (Å²) in [5.41, 5.74) is 1.41. The van der Waals surface area contributed by atoms with Crippen LogP contribution in [0.25, 0.3) is 0 Å². The molecule has 0 aliphatic carbocycles. The van der Waals surface area contributed by atoms with Crippen LogP contribution in [0.3, 0.4) is 0 Å². The van der Waals surface area contributed by atoms with Gasteiger partial charge in [-0.15, -0.1) is 0 Å². The van der Waals surface area contributed by atoms with Crippen molar-refractivity contribution in [2.75, 3.05) is 0 Å². The zero-order chi connectivity index (χ0) is 24.0. The molecule has 0 spiro atoms. The average molecular weight is 491 g/mol. The Labute approximate surface area is 209 Å². The largest absolute Gasteiger partial charge is 0.508 e. The molecule has 0 fully saturated rings. The Morgan fingerprint density at radius 1 is 0.529 bits per heavy atom. The number of phenols is 1. The van der Waals surface area contributed by atoms with E-state index in [1.807, 2.05) is 60.7 Å². The molecule has 4 nitrogen and oxygen atoms in total. The summed E-state index contributed by atoms with van der Waals surface area (Å²) in [5.74, 6) is 3.23. The lowest BCUT2D eigenvalue weighted by molar-refractivity contribution is 0.474. The van der Waals surface area contributed by atoms with Gasteiger partial charge in [0.2, 0.25) is 0 Å². The highest BCUT2D eigenvalue weighted by molar-refractivity contribution is 7.95. The first-order chi connectivity index (χ1) is 16.3. The molecule has 0 heterocycles. The fourth-order valence-electron chi connectivity index (χ4n) is 2.97. The van der Waals surface area contributed by atoms with E-state index in [1.165, 1.54) is 29.6 Å². The Balaban J connectivity index is 1.26. The number of benzene rings is 4. The second-order valence-corrected chi connectivity index (χ2v) is 10.3. The molecule has 4 aromatic carbocycles. The quantitative estimate of drug-likeness (QED) is 0.249. The van der Waals surface area contributed by atoms with E-state index < -0.39 is 0 Å². The third-order valence-corrected chi connectivity index (χ3v) is 6.39. The minimum absolute atomic E-state index is 0.127. The molecule has 34 heavy (non-hydrogen) atoms. The highest BCUT2D eigenvalue weighted by Gasteiger charge is 2.13. The van der Waals surface area contributed by atoms with Gasteiger partial charge in [-0.25, -0.2) is 0 Å². The predicted octanol–water partition coefficient (Wildman–Crippen LogP) is 8.65. The molecule has 0 unspecified atom stereocenters. The maximum absolute atomic E-state index is 9.34. The summed E-state index contributed by atoms with van der Waals surface area (Å²) in [5, 5.41) is 9.34. The van der Waals surface area contributed by atoms with Crippen LogP contribution in [0.2, 0.25) is 0 Å². The lowest BCUT2D eigenvalue weighted by Gasteiger charge is -2.18. The maximum Gasteiger partial charge on any atom is 0.138 e. The Kier molecular flexibility index (Phi) is 7.60. The summed E-state index contributed by atoms with van der Waals surface area (Å²) >= 11 is 2.55. The van der Waals surface area contributed by atoms with Gasteiger partial charge in [-0.3, -0.25) is 0 Å². The molecule has 0 aliphatic heterocycles. The van der Waals surface area contributed by atoms with Gasteiger partial charge in [0.05, 0.1) is 24.1 Å².